The van der Waals surface area contributed by atoms with Gasteiger partial charge in [0.15, 0.2) is 5.76 Å². The number of nitrogens with zero attached hydrogens (tertiary/aromatic N) is 1. The van der Waals surface area contributed by atoms with Gasteiger partial charge in [-0.05, 0) is 29.8 Å². The third kappa shape index (κ3) is 4.05. The van der Waals surface area contributed by atoms with Gasteiger partial charge in [-0.1, -0.05) is 28.1 Å². The summed E-state index contributed by atoms with van der Waals surface area (Å²) in [4.78, 5) is 41.7. The van der Waals surface area contributed by atoms with E-state index in [1.165, 1.54) is 17.2 Å². The minimum Gasteiger partial charge on any atom is -0.461 e. The van der Waals surface area contributed by atoms with Crippen molar-refractivity contribution >= 4 is 33.4 Å². The number of ether oxygens (including phenoxy) is 1. The van der Waals surface area contributed by atoms with Crippen molar-refractivity contribution in [3.8, 4) is 0 Å². The molecule has 1 amide bonds. The Hall–Kier alpha value is -2.29. The van der Waals surface area contributed by atoms with Crippen molar-refractivity contribution in [2.45, 2.75) is 6.04 Å². The molecule has 1 N–H and O–H groups in total. The summed E-state index contributed by atoms with van der Waals surface area (Å²) in [6.45, 7) is 4.22. The van der Waals surface area contributed by atoms with E-state index in [2.05, 4.69) is 15.9 Å². The Kier molecular flexibility index (Phi) is 5.94. The molecule has 2 saturated heterocycles. The average molecular weight is 462 g/mol. The largest absolute Gasteiger partial charge is 0.461 e. The minimum atomic E-state index is -1.11. The Morgan fingerprint density at radius 2 is 1.97 bits per heavy atom. The second-order valence-electron chi connectivity index (χ2n) is 7.29. The fraction of sp³-hybridized carbons (Fsp3) is 0.381. The molecule has 7 nitrogen and oxygen atoms in total. The molecule has 0 aliphatic carbocycles. The monoisotopic (exact) mass is 461 g/mol. The van der Waals surface area contributed by atoms with Gasteiger partial charge in [0.1, 0.15) is 19.0 Å². The van der Waals surface area contributed by atoms with E-state index >= 15 is 0 Å². The molecule has 0 radical (unpaired) electrons. The zero-order valence-electron chi connectivity index (χ0n) is 15.8. The first-order chi connectivity index (χ1) is 14.1. The van der Waals surface area contributed by atoms with Gasteiger partial charge in [0.2, 0.25) is 11.6 Å². The summed E-state index contributed by atoms with van der Waals surface area (Å²) in [5, 5.41) is 0. The van der Waals surface area contributed by atoms with Gasteiger partial charge < -0.3 is 19.0 Å². The maximum atomic E-state index is 13.1. The lowest BCUT2D eigenvalue weighted by atomic mass is 9.88. The van der Waals surface area contributed by atoms with E-state index in [1.807, 2.05) is 24.3 Å². The highest BCUT2D eigenvalue weighted by molar-refractivity contribution is 9.10. The van der Waals surface area contributed by atoms with E-state index in [-0.39, 0.29) is 5.76 Å². The molecule has 2 fully saturated rings. The molecule has 3 heterocycles. The van der Waals surface area contributed by atoms with Gasteiger partial charge in [-0.15, -0.1) is 0 Å². The van der Waals surface area contributed by atoms with E-state index < -0.39 is 29.4 Å². The third-order valence-corrected chi connectivity index (χ3v) is 6.04. The number of hydrogen-bond acceptors (Lipinski definition) is 5. The maximum Gasteiger partial charge on any atom is 0.291 e. The summed E-state index contributed by atoms with van der Waals surface area (Å²) >= 11 is 3.45. The van der Waals surface area contributed by atoms with Crippen LogP contribution in [0.25, 0.3) is 0 Å². The number of ketones is 2. The van der Waals surface area contributed by atoms with Crippen molar-refractivity contribution in [3.63, 3.8) is 0 Å². The lowest BCUT2D eigenvalue weighted by Crippen LogP contribution is -3.14. The number of rotatable bonds is 6. The van der Waals surface area contributed by atoms with Gasteiger partial charge >= 0.3 is 0 Å². The standard InChI is InChI=1S/C21H21BrN2O5/c22-15-4-1-3-14(13-15)18-17(19(25)16-5-2-10-29-16)20(26)21(27)24(18)7-6-23-8-11-28-12-9-23/h1-5,10,13,17-18H,6-9,11-12H2/p+1. The van der Waals surface area contributed by atoms with Crippen LogP contribution in [0.3, 0.4) is 0 Å². The van der Waals surface area contributed by atoms with E-state index in [1.54, 1.807) is 11.0 Å². The number of amides is 1. The van der Waals surface area contributed by atoms with Crippen LogP contribution in [-0.2, 0) is 14.3 Å². The first-order valence-corrected chi connectivity index (χ1v) is 10.4. The Balaban J connectivity index is 1.65. The zero-order valence-corrected chi connectivity index (χ0v) is 17.4. The van der Waals surface area contributed by atoms with Crippen LogP contribution in [0.2, 0.25) is 0 Å². The number of carbonyl (C=O) groups is 3. The summed E-state index contributed by atoms with van der Waals surface area (Å²) in [5.41, 5.74) is 0.750. The molecule has 1 aromatic heterocycles. The van der Waals surface area contributed by atoms with Crippen LogP contribution in [0.15, 0.2) is 51.6 Å². The van der Waals surface area contributed by atoms with Gasteiger partial charge in [0.25, 0.3) is 5.91 Å². The van der Waals surface area contributed by atoms with Gasteiger partial charge in [0.05, 0.1) is 38.6 Å². The van der Waals surface area contributed by atoms with Crippen LogP contribution in [0.1, 0.15) is 22.2 Å². The molecule has 2 aliphatic rings. The molecule has 1 aromatic carbocycles. The molecule has 2 aromatic rings. The predicted octanol–water partition coefficient (Wildman–Crippen LogP) is 0.909. The fourth-order valence-electron chi connectivity index (χ4n) is 4.05. The van der Waals surface area contributed by atoms with E-state index in [9.17, 15) is 14.4 Å². The number of morpholine rings is 1. The van der Waals surface area contributed by atoms with Crippen molar-refractivity contribution in [3.05, 3.63) is 58.5 Å². The van der Waals surface area contributed by atoms with E-state index in [4.69, 9.17) is 9.15 Å². The van der Waals surface area contributed by atoms with E-state index in [0.717, 1.165) is 23.1 Å². The van der Waals surface area contributed by atoms with Crippen LogP contribution in [0.5, 0.6) is 0 Å². The molecule has 2 unspecified atom stereocenters. The maximum absolute atomic E-state index is 13.1. The minimum absolute atomic E-state index is 0.0943. The zero-order chi connectivity index (χ0) is 20.4. The predicted molar refractivity (Wildman–Crippen MR) is 107 cm³/mol. The normalized spacial score (nSPS) is 23.0. The number of carbonyl (C=O) groups excluding carboxylic acids is 3. The smallest absolute Gasteiger partial charge is 0.291 e. The molecule has 0 spiro atoms. The fourth-order valence-corrected chi connectivity index (χ4v) is 4.47. The van der Waals surface area contributed by atoms with Crippen LogP contribution in [-0.4, -0.2) is 61.8 Å². The lowest BCUT2D eigenvalue weighted by molar-refractivity contribution is -0.907. The molecule has 8 heteroatoms. The first kappa shape index (κ1) is 20.0. The van der Waals surface area contributed by atoms with Crippen molar-refractivity contribution in [2.24, 2.45) is 5.92 Å². The Labute approximate surface area is 176 Å². The van der Waals surface area contributed by atoms with Crippen LogP contribution in [0, 0.1) is 5.92 Å². The van der Waals surface area contributed by atoms with Crippen molar-refractivity contribution in [1.29, 1.82) is 0 Å². The lowest BCUT2D eigenvalue weighted by Gasteiger charge is -2.30. The van der Waals surface area contributed by atoms with Gasteiger partial charge in [-0.2, -0.15) is 0 Å². The van der Waals surface area contributed by atoms with Crippen molar-refractivity contribution < 1.29 is 28.4 Å². The summed E-state index contributed by atoms with van der Waals surface area (Å²) < 4.78 is 11.4. The third-order valence-electron chi connectivity index (χ3n) is 5.55. The molecular weight excluding hydrogens is 440 g/mol. The Bertz CT molecular complexity index is 908. The second kappa shape index (κ2) is 8.61. The molecule has 29 heavy (non-hydrogen) atoms. The highest BCUT2D eigenvalue weighted by Gasteiger charge is 2.52. The number of benzene rings is 1. The van der Waals surface area contributed by atoms with E-state index in [0.29, 0.717) is 26.3 Å². The average Bonchev–Trinajstić information content (AvgIpc) is 3.35. The second-order valence-corrected chi connectivity index (χ2v) is 8.21. The van der Waals surface area contributed by atoms with Gasteiger partial charge in [-0.3, -0.25) is 14.4 Å². The number of halogens is 1. The van der Waals surface area contributed by atoms with Crippen LogP contribution in [0.4, 0.5) is 0 Å². The SMILES string of the molecule is O=C1C(=O)N(CC[NH+]2CCOCC2)C(c2cccc(Br)c2)C1C(=O)c1ccco1. The number of furan rings is 1. The first-order valence-electron chi connectivity index (χ1n) is 9.65. The van der Waals surface area contributed by atoms with Crippen molar-refractivity contribution in [1.82, 2.24) is 4.90 Å². The summed E-state index contributed by atoms with van der Waals surface area (Å²) in [5.74, 6) is -2.75. The molecular formula is C21H22BrN2O5+. The topological polar surface area (TPSA) is 81.3 Å². The molecule has 152 valence electrons. The highest BCUT2D eigenvalue weighted by atomic mass is 79.9. The number of nitrogens with one attached hydrogen (secondary N) is 1. The summed E-state index contributed by atoms with van der Waals surface area (Å²) in [7, 11) is 0. The van der Waals surface area contributed by atoms with Crippen LogP contribution >= 0.6 is 15.9 Å². The van der Waals surface area contributed by atoms with Crippen LogP contribution < -0.4 is 4.90 Å². The number of likely N-dealkylation sites (tertiary alicyclic amines) is 1. The molecule has 2 aliphatic heterocycles. The molecule has 2 atom stereocenters. The van der Waals surface area contributed by atoms with Crippen molar-refractivity contribution in [2.75, 3.05) is 39.4 Å². The number of Topliss-reactive ketones (excluding diaryl/α,β-unsaturated/α-hetero) is 2. The Morgan fingerprint density at radius 3 is 2.66 bits per heavy atom. The number of quaternary nitrogens is 1. The number of hydrogen-bond donors (Lipinski definition) is 1. The molecule has 0 bridgehead atoms. The summed E-state index contributed by atoms with van der Waals surface area (Å²) in [6.07, 6.45) is 1.39. The molecule has 4 rings (SSSR count). The quantitative estimate of drug-likeness (QED) is 0.392. The Morgan fingerprint density at radius 1 is 1.17 bits per heavy atom. The molecule has 0 saturated carbocycles. The summed E-state index contributed by atoms with van der Waals surface area (Å²) in [6, 6.07) is 9.89. The van der Waals surface area contributed by atoms with Gasteiger partial charge in [0, 0.05) is 4.47 Å². The van der Waals surface area contributed by atoms with Gasteiger partial charge in [-0.25, -0.2) is 0 Å². The highest BCUT2D eigenvalue weighted by Crippen LogP contribution is 2.38.